The lowest BCUT2D eigenvalue weighted by molar-refractivity contribution is -0.113. The summed E-state index contributed by atoms with van der Waals surface area (Å²) in [5.74, 6) is 0.679. The molecule has 1 saturated carbocycles. The predicted octanol–water partition coefficient (Wildman–Crippen LogP) is 8.01. The molecule has 2 aliphatic rings. The van der Waals surface area contributed by atoms with Crippen molar-refractivity contribution in [2.75, 3.05) is 12.0 Å². The molecule has 37 heavy (non-hydrogen) atoms. The fourth-order valence-electron chi connectivity index (χ4n) is 5.72. The molecule has 0 atom stereocenters. The van der Waals surface area contributed by atoms with Crippen LogP contribution in [0.4, 0.5) is 5.69 Å². The van der Waals surface area contributed by atoms with Gasteiger partial charge in [-0.05, 0) is 81.1 Å². The zero-order valence-corrected chi connectivity index (χ0v) is 21.4. The van der Waals surface area contributed by atoms with Crippen LogP contribution in [0.1, 0.15) is 31.2 Å². The van der Waals surface area contributed by atoms with Crippen LogP contribution in [0.3, 0.4) is 0 Å². The number of anilines is 1. The minimum absolute atomic E-state index is 0.0867. The second-order valence-electron chi connectivity index (χ2n) is 9.80. The lowest BCUT2D eigenvalue weighted by Gasteiger charge is -2.20. The van der Waals surface area contributed by atoms with Crippen molar-refractivity contribution >= 4 is 66.9 Å². The van der Waals surface area contributed by atoms with Gasteiger partial charge in [0.15, 0.2) is 5.17 Å². The highest BCUT2D eigenvalue weighted by atomic mass is 32.2. The van der Waals surface area contributed by atoms with E-state index in [1.165, 1.54) is 52.6 Å². The number of carbonyl (C=O) groups is 1. The summed E-state index contributed by atoms with van der Waals surface area (Å²) in [6.45, 7) is 0. The Bertz CT molecular complexity index is 1700. The normalized spacial score (nSPS) is 17.6. The van der Waals surface area contributed by atoms with Gasteiger partial charge >= 0.3 is 0 Å². The van der Waals surface area contributed by atoms with E-state index in [2.05, 4.69) is 54.6 Å². The van der Waals surface area contributed by atoms with Crippen LogP contribution in [-0.4, -0.2) is 23.4 Å². The number of amidine groups is 1. The van der Waals surface area contributed by atoms with E-state index in [4.69, 9.17) is 9.73 Å². The summed E-state index contributed by atoms with van der Waals surface area (Å²) < 4.78 is 5.33. The number of amides is 1. The van der Waals surface area contributed by atoms with Gasteiger partial charge < -0.3 is 4.74 Å². The van der Waals surface area contributed by atoms with E-state index in [9.17, 15) is 4.79 Å². The van der Waals surface area contributed by atoms with Gasteiger partial charge in [-0.2, -0.15) is 0 Å². The summed E-state index contributed by atoms with van der Waals surface area (Å²) in [4.78, 5) is 20.5. The number of hydrogen-bond acceptors (Lipinski definition) is 4. The third-order valence-corrected chi connectivity index (χ3v) is 8.88. The van der Waals surface area contributed by atoms with Crippen LogP contribution in [0, 0.1) is 0 Å². The first-order valence-corrected chi connectivity index (χ1v) is 13.7. The Morgan fingerprint density at radius 1 is 0.865 bits per heavy atom. The number of methoxy groups -OCH3 is 1. The van der Waals surface area contributed by atoms with Crippen molar-refractivity contribution in [1.82, 2.24) is 0 Å². The molecule has 1 amide bonds. The van der Waals surface area contributed by atoms with E-state index < -0.39 is 0 Å². The first-order chi connectivity index (χ1) is 18.2. The van der Waals surface area contributed by atoms with Crippen molar-refractivity contribution < 1.29 is 9.53 Å². The molecule has 1 aliphatic heterocycles. The van der Waals surface area contributed by atoms with Crippen molar-refractivity contribution in [3.63, 3.8) is 0 Å². The quantitative estimate of drug-likeness (QED) is 0.185. The summed E-state index contributed by atoms with van der Waals surface area (Å²) in [5, 5.41) is 8.60. The molecule has 4 nitrogen and oxygen atoms in total. The van der Waals surface area contributed by atoms with Crippen molar-refractivity contribution in [2.45, 2.75) is 30.9 Å². The average Bonchev–Trinajstić information content (AvgIpc) is 3.56. The molecule has 1 aliphatic carbocycles. The van der Waals surface area contributed by atoms with Gasteiger partial charge in [0, 0.05) is 5.25 Å². The van der Waals surface area contributed by atoms with Gasteiger partial charge in [0.2, 0.25) is 0 Å². The Morgan fingerprint density at radius 2 is 1.54 bits per heavy atom. The van der Waals surface area contributed by atoms with Gasteiger partial charge in [-0.3, -0.25) is 9.69 Å². The summed E-state index contributed by atoms with van der Waals surface area (Å²) in [7, 11) is 1.65. The summed E-state index contributed by atoms with van der Waals surface area (Å²) in [5.41, 5.74) is 2.31. The highest BCUT2D eigenvalue weighted by Gasteiger charge is 2.34. The van der Waals surface area contributed by atoms with Gasteiger partial charge in [-0.15, -0.1) is 0 Å². The second-order valence-corrected chi connectivity index (χ2v) is 11.1. The van der Waals surface area contributed by atoms with Crippen LogP contribution in [0.2, 0.25) is 0 Å². The number of thioether (sulfide) groups is 1. The Balaban J connectivity index is 1.35. The Labute approximate surface area is 220 Å². The summed E-state index contributed by atoms with van der Waals surface area (Å²) in [6.07, 6.45) is 6.79. The number of aliphatic imine (C=N–C) groups is 1. The largest absolute Gasteiger partial charge is 0.497 e. The number of ether oxygens (including phenoxy) is 1. The number of rotatable bonds is 4. The summed E-state index contributed by atoms with van der Waals surface area (Å²) in [6, 6.07) is 27.1. The van der Waals surface area contributed by atoms with E-state index >= 15 is 0 Å². The van der Waals surface area contributed by atoms with E-state index in [0.717, 1.165) is 27.6 Å². The first-order valence-electron chi connectivity index (χ1n) is 12.8. The minimum atomic E-state index is -0.0867. The maximum Gasteiger partial charge on any atom is 0.283 e. The molecule has 0 aromatic heterocycles. The van der Waals surface area contributed by atoms with Gasteiger partial charge in [0.05, 0.1) is 12.8 Å². The molecular formula is C32H26N2O2S. The zero-order valence-electron chi connectivity index (χ0n) is 20.6. The fraction of sp³-hybridized carbons (Fsp3) is 0.188. The highest BCUT2D eigenvalue weighted by molar-refractivity contribution is 8.14. The molecule has 5 aromatic carbocycles. The second kappa shape index (κ2) is 8.93. The predicted molar refractivity (Wildman–Crippen MR) is 156 cm³/mol. The molecule has 1 fully saturated rings. The third-order valence-electron chi connectivity index (χ3n) is 7.59. The number of hydrogen-bond donors (Lipinski definition) is 0. The van der Waals surface area contributed by atoms with Gasteiger partial charge in [0.25, 0.3) is 5.91 Å². The van der Waals surface area contributed by atoms with Crippen molar-refractivity contribution in [3.8, 4) is 5.75 Å². The molecule has 1 heterocycles. The van der Waals surface area contributed by atoms with Crippen LogP contribution in [-0.2, 0) is 4.79 Å². The smallest absolute Gasteiger partial charge is 0.283 e. The fourth-order valence-corrected chi connectivity index (χ4v) is 7.03. The molecular weight excluding hydrogens is 476 g/mol. The molecule has 0 bridgehead atoms. The molecule has 5 aromatic rings. The van der Waals surface area contributed by atoms with E-state index in [-0.39, 0.29) is 5.91 Å². The summed E-state index contributed by atoms with van der Waals surface area (Å²) >= 11 is 1.74. The van der Waals surface area contributed by atoms with Crippen LogP contribution in [0.5, 0.6) is 5.75 Å². The number of carbonyl (C=O) groups excluding carboxylic acids is 1. The number of nitrogens with zero attached hydrogens (tertiary/aromatic N) is 2. The standard InChI is InChI=1S/C32H26N2O2S/c1-36-25-16-14-24(15-17-25)34-31(35)28(33-32(34)37-26-7-2-3-8-26)19-23-12-11-22-10-9-20-5-4-6-21-13-18-27(23)30(22)29(20)21/h4-6,9-19,26H,2-3,7-8H2,1H3/b28-19-. The molecule has 0 N–H and O–H groups in total. The van der Waals surface area contributed by atoms with E-state index in [1.807, 2.05) is 30.3 Å². The maximum absolute atomic E-state index is 13.8. The lowest BCUT2D eigenvalue weighted by Crippen LogP contribution is -2.31. The SMILES string of the molecule is COc1ccc(N2C(=O)/C(=C/c3ccc4ccc5cccc6ccc3c4c56)N=C2SC2CCCC2)cc1. The Morgan fingerprint density at radius 3 is 2.27 bits per heavy atom. The number of benzene rings is 5. The van der Waals surface area contributed by atoms with Gasteiger partial charge in [-0.25, -0.2) is 4.99 Å². The highest BCUT2D eigenvalue weighted by Crippen LogP contribution is 2.39. The third kappa shape index (κ3) is 3.77. The van der Waals surface area contributed by atoms with Crippen molar-refractivity contribution in [3.05, 3.63) is 90.1 Å². The Hall–Kier alpha value is -3.83. The minimum Gasteiger partial charge on any atom is -0.497 e. The molecule has 182 valence electrons. The first kappa shape index (κ1) is 22.4. The molecule has 0 unspecified atom stereocenters. The zero-order chi connectivity index (χ0) is 24.9. The van der Waals surface area contributed by atoms with Crippen molar-refractivity contribution in [2.24, 2.45) is 4.99 Å². The molecule has 0 radical (unpaired) electrons. The Kier molecular flexibility index (Phi) is 5.40. The topological polar surface area (TPSA) is 41.9 Å². The van der Waals surface area contributed by atoms with E-state index in [1.54, 1.807) is 23.8 Å². The lowest BCUT2D eigenvalue weighted by atomic mass is 9.92. The molecule has 5 heteroatoms. The molecule has 0 saturated heterocycles. The monoisotopic (exact) mass is 502 g/mol. The van der Waals surface area contributed by atoms with Crippen LogP contribution >= 0.6 is 11.8 Å². The van der Waals surface area contributed by atoms with Crippen molar-refractivity contribution in [1.29, 1.82) is 0 Å². The van der Waals surface area contributed by atoms with Crippen LogP contribution in [0.25, 0.3) is 38.4 Å². The maximum atomic E-state index is 13.8. The molecule has 0 spiro atoms. The van der Waals surface area contributed by atoms with Crippen LogP contribution < -0.4 is 9.64 Å². The molecule has 7 rings (SSSR count). The van der Waals surface area contributed by atoms with Crippen LogP contribution in [0.15, 0.2) is 89.6 Å². The van der Waals surface area contributed by atoms with E-state index in [0.29, 0.717) is 10.9 Å². The van der Waals surface area contributed by atoms with Gasteiger partial charge in [-0.1, -0.05) is 79.2 Å². The van der Waals surface area contributed by atoms with Gasteiger partial charge in [0.1, 0.15) is 11.4 Å². The average molecular weight is 503 g/mol.